The molecular formula is C16H12ClNO2. The lowest BCUT2D eigenvalue weighted by Gasteiger charge is -2.08. The molecule has 0 aliphatic carbocycles. The van der Waals surface area contributed by atoms with Gasteiger partial charge >= 0.3 is 0 Å². The summed E-state index contributed by atoms with van der Waals surface area (Å²) in [5.41, 5.74) is 1.35. The first kappa shape index (κ1) is 14.0. The van der Waals surface area contributed by atoms with Crippen molar-refractivity contribution in [3.8, 4) is 18.1 Å². The molecule has 2 rings (SSSR count). The minimum atomic E-state index is -0.265. The summed E-state index contributed by atoms with van der Waals surface area (Å²) in [6.45, 7) is -0.0966. The van der Waals surface area contributed by atoms with Crippen LogP contribution < -0.4 is 10.1 Å². The molecule has 1 N–H and O–H groups in total. The summed E-state index contributed by atoms with van der Waals surface area (Å²) >= 11 is 5.82. The van der Waals surface area contributed by atoms with Crippen LogP contribution in [0.2, 0.25) is 5.02 Å². The van der Waals surface area contributed by atoms with Gasteiger partial charge in [0.25, 0.3) is 5.91 Å². The molecule has 0 spiro atoms. The Bertz CT molecular complexity index is 662. The summed E-state index contributed by atoms with van der Waals surface area (Å²) in [6, 6.07) is 13.9. The zero-order valence-electron chi connectivity index (χ0n) is 10.6. The van der Waals surface area contributed by atoms with Crippen molar-refractivity contribution >= 4 is 23.2 Å². The van der Waals surface area contributed by atoms with Crippen LogP contribution in [0.25, 0.3) is 0 Å². The molecular weight excluding hydrogens is 274 g/mol. The Hall–Kier alpha value is -2.44. The van der Waals surface area contributed by atoms with E-state index in [1.807, 2.05) is 0 Å². The lowest BCUT2D eigenvalue weighted by atomic mass is 10.2. The highest BCUT2D eigenvalue weighted by atomic mass is 35.5. The molecule has 0 saturated heterocycles. The zero-order chi connectivity index (χ0) is 14.4. The number of amides is 1. The van der Waals surface area contributed by atoms with Crippen LogP contribution in [0.1, 0.15) is 5.56 Å². The normalized spacial score (nSPS) is 9.60. The van der Waals surface area contributed by atoms with Crippen molar-refractivity contribution in [2.45, 2.75) is 0 Å². The maximum Gasteiger partial charge on any atom is 0.262 e. The average molecular weight is 286 g/mol. The van der Waals surface area contributed by atoms with Gasteiger partial charge in [-0.25, -0.2) is 0 Å². The second kappa shape index (κ2) is 6.65. The van der Waals surface area contributed by atoms with Gasteiger partial charge < -0.3 is 10.1 Å². The molecule has 0 aliphatic rings. The predicted octanol–water partition coefficient (Wildman–Crippen LogP) is 3.34. The largest absolute Gasteiger partial charge is 0.484 e. The number of ether oxygens (including phenoxy) is 1. The fourth-order valence-electron chi connectivity index (χ4n) is 1.59. The third-order valence-corrected chi connectivity index (χ3v) is 2.71. The van der Waals surface area contributed by atoms with Gasteiger partial charge in [-0.15, -0.1) is 6.42 Å². The number of hydrogen-bond acceptors (Lipinski definition) is 2. The lowest BCUT2D eigenvalue weighted by Crippen LogP contribution is -2.20. The van der Waals surface area contributed by atoms with Crippen molar-refractivity contribution < 1.29 is 9.53 Å². The number of halogens is 1. The smallest absolute Gasteiger partial charge is 0.262 e. The number of carbonyl (C=O) groups excluding carboxylic acids is 1. The van der Waals surface area contributed by atoms with Gasteiger partial charge in [-0.2, -0.15) is 0 Å². The first-order valence-corrected chi connectivity index (χ1v) is 6.30. The van der Waals surface area contributed by atoms with E-state index >= 15 is 0 Å². The Morgan fingerprint density at radius 3 is 2.80 bits per heavy atom. The van der Waals surface area contributed by atoms with Crippen LogP contribution in [-0.4, -0.2) is 12.5 Å². The molecule has 0 heterocycles. The summed E-state index contributed by atoms with van der Waals surface area (Å²) in [5.74, 6) is 2.79. The highest BCUT2D eigenvalue weighted by Crippen LogP contribution is 2.17. The number of terminal acetylenes is 1. The molecule has 0 unspecified atom stereocenters. The first-order valence-electron chi connectivity index (χ1n) is 5.92. The molecule has 100 valence electrons. The van der Waals surface area contributed by atoms with Gasteiger partial charge in [-0.05, 0) is 36.4 Å². The van der Waals surface area contributed by atoms with E-state index in [0.717, 1.165) is 0 Å². The molecule has 3 nitrogen and oxygen atoms in total. The first-order chi connectivity index (χ1) is 9.67. The van der Waals surface area contributed by atoms with Crippen LogP contribution in [0.15, 0.2) is 48.5 Å². The molecule has 0 atom stereocenters. The number of rotatable bonds is 4. The Morgan fingerprint density at radius 2 is 2.05 bits per heavy atom. The Morgan fingerprint density at radius 1 is 1.25 bits per heavy atom. The van der Waals surface area contributed by atoms with E-state index in [4.69, 9.17) is 22.8 Å². The summed E-state index contributed by atoms with van der Waals surface area (Å²) in [7, 11) is 0. The maximum atomic E-state index is 11.7. The SMILES string of the molecule is C#Cc1cccc(NC(=O)COc2cccc(Cl)c2)c1. The van der Waals surface area contributed by atoms with Gasteiger partial charge in [-0.1, -0.05) is 29.7 Å². The van der Waals surface area contributed by atoms with E-state index < -0.39 is 0 Å². The maximum absolute atomic E-state index is 11.7. The van der Waals surface area contributed by atoms with Crippen LogP contribution in [0.3, 0.4) is 0 Å². The Labute approximate surface area is 122 Å². The molecule has 0 radical (unpaired) electrons. The number of benzene rings is 2. The quantitative estimate of drug-likeness (QED) is 0.875. The number of hydrogen-bond donors (Lipinski definition) is 1. The van der Waals surface area contributed by atoms with Gasteiger partial charge in [0.2, 0.25) is 0 Å². The molecule has 0 aromatic heterocycles. The predicted molar refractivity (Wildman–Crippen MR) is 80.0 cm³/mol. The van der Waals surface area contributed by atoms with Crippen LogP contribution in [0.4, 0.5) is 5.69 Å². The Balaban J connectivity index is 1.91. The summed E-state index contributed by atoms with van der Waals surface area (Å²) in [6.07, 6.45) is 5.30. The van der Waals surface area contributed by atoms with Crippen molar-refractivity contribution in [3.63, 3.8) is 0 Å². The molecule has 2 aromatic carbocycles. The number of nitrogens with one attached hydrogen (secondary N) is 1. The summed E-state index contributed by atoms with van der Waals surface area (Å²) < 4.78 is 5.34. The standard InChI is InChI=1S/C16H12ClNO2/c1-2-12-5-3-7-14(9-12)18-16(19)11-20-15-8-4-6-13(17)10-15/h1,3-10H,11H2,(H,18,19). The fraction of sp³-hybridized carbons (Fsp3) is 0.0625. The third-order valence-electron chi connectivity index (χ3n) is 2.48. The van der Waals surface area contributed by atoms with E-state index in [1.54, 1.807) is 48.5 Å². The van der Waals surface area contributed by atoms with Crippen molar-refractivity contribution in [3.05, 3.63) is 59.1 Å². The summed E-state index contributed by atoms with van der Waals surface area (Å²) in [4.78, 5) is 11.7. The topological polar surface area (TPSA) is 38.3 Å². The zero-order valence-corrected chi connectivity index (χ0v) is 11.4. The van der Waals surface area contributed by atoms with Gasteiger partial charge in [0.15, 0.2) is 6.61 Å². The van der Waals surface area contributed by atoms with Crippen molar-refractivity contribution in [1.29, 1.82) is 0 Å². The summed E-state index contributed by atoms with van der Waals surface area (Å²) in [5, 5.41) is 3.27. The second-order valence-electron chi connectivity index (χ2n) is 4.02. The van der Waals surface area contributed by atoms with Gasteiger partial charge in [-0.3, -0.25) is 4.79 Å². The molecule has 1 amide bonds. The highest BCUT2D eigenvalue weighted by Gasteiger charge is 2.04. The van der Waals surface area contributed by atoms with Gasteiger partial charge in [0.1, 0.15) is 5.75 Å². The molecule has 4 heteroatoms. The fourth-order valence-corrected chi connectivity index (χ4v) is 1.77. The minimum Gasteiger partial charge on any atom is -0.484 e. The third kappa shape index (κ3) is 4.04. The van der Waals surface area contributed by atoms with Crippen molar-refractivity contribution in [1.82, 2.24) is 0 Å². The Kier molecular flexibility index (Phi) is 4.65. The molecule has 0 bridgehead atoms. The van der Waals surface area contributed by atoms with Crippen molar-refractivity contribution in [2.24, 2.45) is 0 Å². The highest BCUT2D eigenvalue weighted by molar-refractivity contribution is 6.30. The van der Waals surface area contributed by atoms with Gasteiger partial charge in [0, 0.05) is 16.3 Å². The van der Waals surface area contributed by atoms with Crippen LogP contribution in [0, 0.1) is 12.3 Å². The second-order valence-corrected chi connectivity index (χ2v) is 4.46. The molecule has 0 saturated carbocycles. The van der Waals surface area contributed by atoms with Crippen LogP contribution in [0.5, 0.6) is 5.75 Å². The van der Waals surface area contributed by atoms with E-state index in [1.165, 1.54) is 0 Å². The minimum absolute atomic E-state index is 0.0966. The monoisotopic (exact) mass is 285 g/mol. The molecule has 20 heavy (non-hydrogen) atoms. The lowest BCUT2D eigenvalue weighted by molar-refractivity contribution is -0.118. The van der Waals surface area contributed by atoms with Crippen LogP contribution in [-0.2, 0) is 4.79 Å². The van der Waals surface area contributed by atoms with E-state index in [0.29, 0.717) is 22.0 Å². The van der Waals surface area contributed by atoms with E-state index in [9.17, 15) is 4.79 Å². The molecule has 0 aliphatic heterocycles. The average Bonchev–Trinajstić information content (AvgIpc) is 2.45. The molecule has 0 fully saturated rings. The van der Waals surface area contributed by atoms with E-state index in [2.05, 4.69) is 11.2 Å². The number of carbonyl (C=O) groups is 1. The van der Waals surface area contributed by atoms with Crippen molar-refractivity contribution in [2.75, 3.05) is 11.9 Å². The number of anilines is 1. The van der Waals surface area contributed by atoms with Crippen LogP contribution >= 0.6 is 11.6 Å². The molecule has 2 aromatic rings. The van der Waals surface area contributed by atoms with E-state index in [-0.39, 0.29) is 12.5 Å². The van der Waals surface area contributed by atoms with Gasteiger partial charge in [0.05, 0.1) is 0 Å².